The minimum Gasteiger partial charge on any atom is -0.403 e. The van der Waals surface area contributed by atoms with Crippen LogP contribution in [0.2, 0.25) is 5.15 Å². The number of halogens is 4. The summed E-state index contributed by atoms with van der Waals surface area (Å²) in [5.74, 6) is -0.354. The number of fused-ring (bicyclic) bond motifs is 1. The van der Waals surface area contributed by atoms with Gasteiger partial charge in [0.2, 0.25) is 0 Å². The number of rotatable bonds is 1. The van der Waals surface area contributed by atoms with Gasteiger partial charge in [0.15, 0.2) is 5.75 Å². The molecule has 0 aliphatic carbocycles. The lowest BCUT2D eigenvalue weighted by atomic mass is 10.2. The number of benzene rings is 1. The molecule has 0 amide bonds. The second-order valence-electron chi connectivity index (χ2n) is 3.01. The molecule has 1 heterocycles. The Labute approximate surface area is 93.6 Å². The molecule has 0 saturated carbocycles. The summed E-state index contributed by atoms with van der Waals surface area (Å²) in [7, 11) is 0. The Kier molecular flexibility index (Phi) is 2.63. The van der Waals surface area contributed by atoms with E-state index in [0.717, 1.165) is 0 Å². The zero-order valence-corrected chi connectivity index (χ0v) is 8.51. The molecule has 0 bridgehead atoms. The Hall–Kier alpha value is -1.49. The summed E-state index contributed by atoms with van der Waals surface area (Å²) in [5.41, 5.74) is 0.0901. The number of nitrogens with zero attached hydrogens (tertiary/aromatic N) is 1. The molecule has 0 radical (unpaired) electrons. The number of aromatic nitrogens is 1. The fourth-order valence-corrected chi connectivity index (χ4v) is 1.45. The molecule has 0 spiro atoms. The van der Waals surface area contributed by atoms with Gasteiger partial charge < -0.3 is 4.74 Å². The molecular formula is C10H5ClF3NO. The molecule has 2 rings (SSSR count). The fourth-order valence-electron chi connectivity index (χ4n) is 1.30. The monoisotopic (exact) mass is 247 g/mol. The molecule has 0 atom stereocenters. The van der Waals surface area contributed by atoms with E-state index in [1.54, 1.807) is 12.1 Å². The molecule has 6 heteroatoms. The molecule has 0 saturated heterocycles. The van der Waals surface area contributed by atoms with E-state index >= 15 is 0 Å². The predicted octanol–water partition coefficient (Wildman–Crippen LogP) is 3.79. The highest BCUT2D eigenvalue weighted by Crippen LogP contribution is 2.29. The van der Waals surface area contributed by atoms with Gasteiger partial charge in [0.1, 0.15) is 10.7 Å². The number of para-hydroxylation sites is 1. The average molecular weight is 248 g/mol. The van der Waals surface area contributed by atoms with E-state index in [9.17, 15) is 13.2 Å². The lowest BCUT2D eigenvalue weighted by Gasteiger charge is -2.10. The predicted molar refractivity (Wildman–Crippen MR) is 53.4 cm³/mol. The van der Waals surface area contributed by atoms with Crippen LogP contribution < -0.4 is 4.74 Å². The van der Waals surface area contributed by atoms with Crippen molar-refractivity contribution >= 4 is 22.5 Å². The SMILES string of the molecule is FC(F)(F)Oc1cccc2ccc(Cl)nc12. The first-order valence-corrected chi connectivity index (χ1v) is 4.64. The zero-order valence-electron chi connectivity index (χ0n) is 7.75. The van der Waals surface area contributed by atoms with Gasteiger partial charge in [-0.15, -0.1) is 13.2 Å². The average Bonchev–Trinajstić information content (AvgIpc) is 2.17. The van der Waals surface area contributed by atoms with Gasteiger partial charge in [0, 0.05) is 5.39 Å². The van der Waals surface area contributed by atoms with E-state index in [0.29, 0.717) is 5.39 Å². The van der Waals surface area contributed by atoms with Crippen molar-refractivity contribution in [2.24, 2.45) is 0 Å². The van der Waals surface area contributed by atoms with Gasteiger partial charge in [-0.25, -0.2) is 4.98 Å². The molecule has 84 valence electrons. The van der Waals surface area contributed by atoms with Crippen molar-refractivity contribution in [1.82, 2.24) is 4.98 Å². The van der Waals surface area contributed by atoms with E-state index in [4.69, 9.17) is 11.6 Å². The maximum atomic E-state index is 12.1. The van der Waals surface area contributed by atoms with Gasteiger partial charge in [-0.2, -0.15) is 0 Å². The van der Waals surface area contributed by atoms with E-state index in [1.165, 1.54) is 18.2 Å². The van der Waals surface area contributed by atoms with Crippen molar-refractivity contribution < 1.29 is 17.9 Å². The molecule has 1 aromatic heterocycles. The maximum absolute atomic E-state index is 12.1. The minimum absolute atomic E-state index is 0.0901. The molecule has 0 aliphatic heterocycles. The van der Waals surface area contributed by atoms with Crippen LogP contribution in [0.25, 0.3) is 10.9 Å². The van der Waals surface area contributed by atoms with Crippen molar-refractivity contribution in [2.75, 3.05) is 0 Å². The van der Waals surface area contributed by atoms with Crippen molar-refractivity contribution in [3.63, 3.8) is 0 Å². The summed E-state index contributed by atoms with van der Waals surface area (Å²) in [4.78, 5) is 3.80. The first-order valence-electron chi connectivity index (χ1n) is 4.27. The lowest BCUT2D eigenvalue weighted by Crippen LogP contribution is -2.17. The van der Waals surface area contributed by atoms with Crippen molar-refractivity contribution in [3.05, 3.63) is 35.5 Å². The number of ether oxygens (including phenoxy) is 1. The Bertz CT molecular complexity index is 527. The molecule has 0 unspecified atom stereocenters. The minimum atomic E-state index is -4.74. The molecule has 2 nitrogen and oxygen atoms in total. The molecule has 0 aliphatic rings. The van der Waals surface area contributed by atoms with E-state index < -0.39 is 6.36 Å². The number of hydrogen-bond acceptors (Lipinski definition) is 2. The molecule has 0 fully saturated rings. The highest BCUT2D eigenvalue weighted by atomic mass is 35.5. The quantitative estimate of drug-likeness (QED) is 0.716. The summed E-state index contributed by atoms with van der Waals surface area (Å²) in [6, 6.07) is 7.36. The van der Waals surface area contributed by atoms with Crippen LogP contribution >= 0.6 is 11.6 Å². The smallest absolute Gasteiger partial charge is 0.403 e. The van der Waals surface area contributed by atoms with Gasteiger partial charge in [-0.3, -0.25) is 0 Å². The Balaban J connectivity index is 2.56. The number of pyridine rings is 1. The number of hydrogen-bond donors (Lipinski definition) is 0. The van der Waals surface area contributed by atoms with Crippen molar-refractivity contribution in [3.8, 4) is 5.75 Å². The molecule has 16 heavy (non-hydrogen) atoms. The molecular weight excluding hydrogens is 243 g/mol. The fraction of sp³-hybridized carbons (Fsp3) is 0.100. The second kappa shape index (κ2) is 3.83. The Morgan fingerprint density at radius 3 is 2.56 bits per heavy atom. The normalized spacial score (nSPS) is 11.8. The number of alkyl halides is 3. The molecule has 2 aromatic rings. The van der Waals surface area contributed by atoms with Crippen molar-refractivity contribution in [1.29, 1.82) is 0 Å². The maximum Gasteiger partial charge on any atom is 0.573 e. The summed E-state index contributed by atoms with van der Waals surface area (Å²) < 4.78 is 40.1. The first-order chi connectivity index (χ1) is 7.46. The largest absolute Gasteiger partial charge is 0.573 e. The van der Waals surface area contributed by atoms with Crippen LogP contribution in [0.3, 0.4) is 0 Å². The van der Waals surface area contributed by atoms with E-state index in [-0.39, 0.29) is 16.4 Å². The summed E-state index contributed by atoms with van der Waals surface area (Å²) >= 11 is 5.61. The van der Waals surface area contributed by atoms with E-state index in [2.05, 4.69) is 9.72 Å². The Morgan fingerprint density at radius 2 is 1.88 bits per heavy atom. The highest BCUT2D eigenvalue weighted by Gasteiger charge is 2.32. The van der Waals surface area contributed by atoms with Gasteiger partial charge in [0.25, 0.3) is 0 Å². The van der Waals surface area contributed by atoms with Crippen LogP contribution in [0.1, 0.15) is 0 Å². The summed E-state index contributed by atoms with van der Waals surface area (Å²) in [5, 5.41) is 0.650. The van der Waals surface area contributed by atoms with Crippen LogP contribution in [0.4, 0.5) is 13.2 Å². The standard InChI is InChI=1S/C10H5ClF3NO/c11-8-5-4-6-2-1-3-7(9(6)15-8)16-10(12,13)14/h1-5H. The topological polar surface area (TPSA) is 22.1 Å². The van der Waals surface area contributed by atoms with Gasteiger partial charge in [-0.05, 0) is 18.2 Å². The van der Waals surface area contributed by atoms with Gasteiger partial charge in [-0.1, -0.05) is 23.7 Å². The van der Waals surface area contributed by atoms with E-state index in [1.807, 2.05) is 0 Å². The van der Waals surface area contributed by atoms with Crippen LogP contribution in [0, 0.1) is 0 Å². The zero-order chi connectivity index (χ0) is 11.8. The van der Waals surface area contributed by atoms with Crippen LogP contribution in [-0.4, -0.2) is 11.3 Å². The molecule has 0 N–H and O–H groups in total. The Morgan fingerprint density at radius 1 is 1.12 bits per heavy atom. The van der Waals surface area contributed by atoms with Crippen LogP contribution in [0.5, 0.6) is 5.75 Å². The van der Waals surface area contributed by atoms with Gasteiger partial charge >= 0.3 is 6.36 Å². The highest BCUT2D eigenvalue weighted by molar-refractivity contribution is 6.29. The van der Waals surface area contributed by atoms with Gasteiger partial charge in [0.05, 0.1) is 0 Å². The third-order valence-electron chi connectivity index (χ3n) is 1.87. The van der Waals surface area contributed by atoms with Crippen LogP contribution in [0.15, 0.2) is 30.3 Å². The summed E-state index contributed by atoms with van der Waals surface area (Å²) in [6.45, 7) is 0. The van der Waals surface area contributed by atoms with Crippen molar-refractivity contribution in [2.45, 2.75) is 6.36 Å². The third kappa shape index (κ3) is 2.36. The summed E-state index contributed by atoms with van der Waals surface area (Å²) in [6.07, 6.45) is -4.74. The third-order valence-corrected chi connectivity index (χ3v) is 2.09. The first kappa shape index (κ1) is 11.0. The lowest BCUT2D eigenvalue weighted by molar-refractivity contribution is -0.274. The van der Waals surface area contributed by atoms with Crippen LogP contribution in [-0.2, 0) is 0 Å². The second-order valence-corrected chi connectivity index (χ2v) is 3.40. The molecule has 1 aromatic carbocycles.